The summed E-state index contributed by atoms with van der Waals surface area (Å²) in [5.74, 6) is 0.443. The minimum Gasteiger partial charge on any atom is -0.443 e. The average Bonchev–Trinajstić information content (AvgIpc) is 2.98. The fourth-order valence-corrected chi connectivity index (χ4v) is 4.56. The zero-order valence-corrected chi connectivity index (χ0v) is 16.2. The fourth-order valence-electron chi connectivity index (χ4n) is 3.18. The number of nitrogens with zero attached hydrogens (tertiary/aromatic N) is 2. The molecule has 0 unspecified atom stereocenters. The number of likely N-dealkylation sites (N-methyl/N-ethyl adjacent to an activating group) is 1. The van der Waals surface area contributed by atoms with Crippen LogP contribution in [0.2, 0.25) is 0 Å². The Bertz CT molecular complexity index is 946. The van der Waals surface area contributed by atoms with Gasteiger partial charge in [-0.2, -0.15) is 4.31 Å². The Balaban J connectivity index is 1.93. The molecule has 1 fully saturated rings. The van der Waals surface area contributed by atoms with E-state index in [4.69, 9.17) is 4.42 Å². The van der Waals surface area contributed by atoms with Crippen LogP contribution in [-0.2, 0) is 16.4 Å². The molecule has 0 aromatic carbocycles. The summed E-state index contributed by atoms with van der Waals surface area (Å²) in [5, 5.41) is -0.0549. The monoisotopic (exact) mass is 379 g/mol. The van der Waals surface area contributed by atoms with Gasteiger partial charge < -0.3 is 14.3 Å². The molecule has 0 amide bonds. The number of nitrogens with one attached hydrogen (secondary N) is 1. The van der Waals surface area contributed by atoms with Gasteiger partial charge in [0.1, 0.15) is 5.76 Å². The Morgan fingerprint density at radius 3 is 2.69 bits per heavy atom. The van der Waals surface area contributed by atoms with Crippen LogP contribution in [0.5, 0.6) is 0 Å². The summed E-state index contributed by atoms with van der Waals surface area (Å²) < 4.78 is 33.0. The number of furan rings is 1. The standard InChI is InChI=1S/C18H25N3O4S/c1-4-14-12-15(13(2)19-18(14)22)16-6-7-17(25-16)26(23,24)21-9-5-8-20(3)10-11-21/h6-7,12H,4-5,8-11H2,1-3H3,(H,19,22). The molecule has 2 aromatic heterocycles. The second-order valence-electron chi connectivity index (χ2n) is 6.70. The SMILES string of the molecule is CCc1cc(-c2ccc(S(=O)(=O)N3CCCN(C)CC3)o2)c(C)[nH]c1=O. The third kappa shape index (κ3) is 3.62. The number of H-pyrrole nitrogens is 1. The van der Waals surface area contributed by atoms with E-state index in [0.717, 1.165) is 13.0 Å². The van der Waals surface area contributed by atoms with E-state index < -0.39 is 10.0 Å². The lowest BCUT2D eigenvalue weighted by Crippen LogP contribution is -2.34. The number of pyridine rings is 1. The molecule has 26 heavy (non-hydrogen) atoms. The van der Waals surface area contributed by atoms with Gasteiger partial charge in [0.2, 0.25) is 5.09 Å². The second-order valence-corrected chi connectivity index (χ2v) is 8.56. The van der Waals surface area contributed by atoms with Gasteiger partial charge in [0.25, 0.3) is 15.6 Å². The van der Waals surface area contributed by atoms with Gasteiger partial charge in [-0.05, 0) is 51.6 Å². The molecule has 2 aromatic rings. The summed E-state index contributed by atoms with van der Waals surface area (Å²) in [7, 11) is -1.67. The van der Waals surface area contributed by atoms with E-state index in [9.17, 15) is 13.2 Å². The molecular formula is C18H25N3O4S. The highest BCUT2D eigenvalue weighted by Gasteiger charge is 2.29. The number of hydrogen-bond acceptors (Lipinski definition) is 5. The predicted molar refractivity (Wildman–Crippen MR) is 99.8 cm³/mol. The molecule has 142 valence electrons. The molecule has 1 saturated heterocycles. The molecule has 0 spiro atoms. The van der Waals surface area contributed by atoms with E-state index in [-0.39, 0.29) is 10.7 Å². The molecule has 1 aliphatic rings. The van der Waals surface area contributed by atoms with Crippen LogP contribution in [0.4, 0.5) is 0 Å². The fraction of sp³-hybridized carbons (Fsp3) is 0.500. The first-order valence-corrected chi connectivity index (χ1v) is 10.3. The Morgan fingerprint density at radius 2 is 1.96 bits per heavy atom. The highest BCUT2D eigenvalue weighted by molar-refractivity contribution is 7.89. The van der Waals surface area contributed by atoms with Crippen molar-refractivity contribution in [1.82, 2.24) is 14.2 Å². The first-order chi connectivity index (χ1) is 12.3. The van der Waals surface area contributed by atoms with Gasteiger partial charge in [-0.25, -0.2) is 8.42 Å². The third-order valence-electron chi connectivity index (χ3n) is 4.82. The number of rotatable bonds is 4. The van der Waals surface area contributed by atoms with Crippen molar-refractivity contribution >= 4 is 10.0 Å². The van der Waals surface area contributed by atoms with Crippen LogP contribution < -0.4 is 5.56 Å². The topological polar surface area (TPSA) is 86.6 Å². The smallest absolute Gasteiger partial charge is 0.276 e. The zero-order chi connectivity index (χ0) is 18.9. The summed E-state index contributed by atoms with van der Waals surface area (Å²) in [5.41, 5.74) is 1.88. The maximum Gasteiger partial charge on any atom is 0.276 e. The molecule has 1 N–H and O–H groups in total. The first kappa shape index (κ1) is 18.9. The van der Waals surface area contributed by atoms with Gasteiger partial charge in [0.05, 0.1) is 0 Å². The van der Waals surface area contributed by atoms with Crippen molar-refractivity contribution < 1.29 is 12.8 Å². The van der Waals surface area contributed by atoms with Gasteiger partial charge in [0, 0.05) is 36.5 Å². The lowest BCUT2D eigenvalue weighted by atomic mass is 10.1. The molecule has 3 rings (SSSR count). The van der Waals surface area contributed by atoms with E-state index >= 15 is 0 Å². The molecule has 1 aliphatic heterocycles. The highest BCUT2D eigenvalue weighted by Crippen LogP contribution is 2.28. The number of aromatic nitrogens is 1. The van der Waals surface area contributed by atoms with Crippen LogP contribution in [0.1, 0.15) is 24.6 Å². The Hall–Kier alpha value is -1.90. The third-order valence-corrected chi connectivity index (χ3v) is 6.59. The predicted octanol–water partition coefficient (Wildman–Crippen LogP) is 1.83. The Morgan fingerprint density at radius 1 is 1.19 bits per heavy atom. The highest BCUT2D eigenvalue weighted by atomic mass is 32.2. The second kappa shape index (κ2) is 7.38. The molecule has 8 heteroatoms. The van der Waals surface area contributed by atoms with Gasteiger partial charge in [-0.15, -0.1) is 0 Å². The van der Waals surface area contributed by atoms with Crippen molar-refractivity contribution in [2.45, 2.75) is 31.8 Å². The minimum absolute atomic E-state index is 0.0549. The maximum atomic E-state index is 12.9. The van der Waals surface area contributed by atoms with Crippen molar-refractivity contribution in [3.63, 3.8) is 0 Å². The number of sulfonamides is 1. The quantitative estimate of drug-likeness (QED) is 0.876. The summed E-state index contributed by atoms with van der Waals surface area (Å²) in [6.07, 6.45) is 1.39. The Kier molecular flexibility index (Phi) is 5.36. The minimum atomic E-state index is -3.66. The van der Waals surface area contributed by atoms with Gasteiger partial charge >= 0.3 is 0 Å². The van der Waals surface area contributed by atoms with Crippen molar-refractivity contribution in [2.24, 2.45) is 0 Å². The molecular weight excluding hydrogens is 354 g/mol. The average molecular weight is 379 g/mol. The molecule has 0 atom stereocenters. The molecule has 0 bridgehead atoms. The van der Waals surface area contributed by atoms with E-state index in [2.05, 4.69) is 9.88 Å². The lowest BCUT2D eigenvalue weighted by molar-refractivity contribution is 0.343. The van der Waals surface area contributed by atoms with Crippen molar-refractivity contribution in [3.8, 4) is 11.3 Å². The molecule has 0 radical (unpaired) electrons. The summed E-state index contributed by atoms with van der Waals surface area (Å²) in [6.45, 7) is 6.19. The molecule has 0 saturated carbocycles. The summed E-state index contributed by atoms with van der Waals surface area (Å²) >= 11 is 0. The van der Waals surface area contributed by atoms with Gasteiger partial charge in [-0.3, -0.25) is 4.79 Å². The number of aromatic amines is 1. The van der Waals surface area contributed by atoms with Crippen molar-refractivity contribution in [2.75, 3.05) is 33.2 Å². The van der Waals surface area contributed by atoms with Gasteiger partial charge in [0.15, 0.2) is 0 Å². The van der Waals surface area contributed by atoms with Crippen LogP contribution in [0.15, 0.2) is 32.5 Å². The maximum absolute atomic E-state index is 12.9. The molecule has 3 heterocycles. The Labute approximate surface area is 153 Å². The van der Waals surface area contributed by atoms with E-state index in [1.807, 2.05) is 14.0 Å². The van der Waals surface area contributed by atoms with Crippen molar-refractivity contribution in [3.05, 3.63) is 39.8 Å². The van der Waals surface area contributed by atoms with Crippen LogP contribution in [0.25, 0.3) is 11.3 Å². The van der Waals surface area contributed by atoms with E-state index in [1.165, 1.54) is 10.4 Å². The first-order valence-electron chi connectivity index (χ1n) is 8.84. The number of aryl methyl sites for hydroxylation is 2. The summed E-state index contributed by atoms with van der Waals surface area (Å²) in [4.78, 5) is 16.8. The number of hydrogen-bond donors (Lipinski definition) is 1. The van der Waals surface area contributed by atoms with Crippen molar-refractivity contribution in [1.29, 1.82) is 0 Å². The lowest BCUT2D eigenvalue weighted by Gasteiger charge is -2.18. The van der Waals surface area contributed by atoms with E-state index in [0.29, 0.717) is 48.6 Å². The molecule has 7 nitrogen and oxygen atoms in total. The summed E-state index contributed by atoms with van der Waals surface area (Å²) in [6, 6.07) is 4.91. The van der Waals surface area contributed by atoms with Crippen LogP contribution in [0, 0.1) is 6.92 Å². The van der Waals surface area contributed by atoms with Gasteiger partial charge in [-0.1, -0.05) is 6.92 Å². The van der Waals surface area contributed by atoms with Crippen LogP contribution in [0.3, 0.4) is 0 Å². The van der Waals surface area contributed by atoms with E-state index in [1.54, 1.807) is 19.1 Å². The zero-order valence-electron chi connectivity index (χ0n) is 15.4. The van der Waals surface area contributed by atoms with Crippen LogP contribution in [-0.4, -0.2) is 55.8 Å². The van der Waals surface area contributed by atoms with Crippen LogP contribution >= 0.6 is 0 Å². The largest absolute Gasteiger partial charge is 0.443 e. The normalized spacial score (nSPS) is 17.3. The molecule has 0 aliphatic carbocycles.